The van der Waals surface area contributed by atoms with Gasteiger partial charge in [-0.1, -0.05) is 12.1 Å². The Morgan fingerprint density at radius 1 is 1.00 bits per heavy atom. The molecule has 1 aliphatic rings. The van der Waals surface area contributed by atoms with Crippen molar-refractivity contribution in [1.29, 1.82) is 0 Å². The summed E-state index contributed by atoms with van der Waals surface area (Å²) in [5.74, 6) is 0. The SMILES string of the molecule is c1cc2c3c(csc3c1)-c1sccc1C2. The molecule has 2 heteroatoms. The third kappa shape index (κ3) is 0.959. The third-order valence-electron chi connectivity index (χ3n) is 3.06. The number of thiophene rings is 2. The van der Waals surface area contributed by atoms with Gasteiger partial charge in [0.2, 0.25) is 0 Å². The van der Waals surface area contributed by atoms with Crippen LogP contribution in [-0.2, 0) is 6.42 Å². The highest BCUT2D eigenvalue weighted by Gasteiger charge is 2.19. The second-order valence-corrected chi connectivity index (χ2v) is 5.72. The molecule has 1 aliphatic carbocycles. The van der Waals surface area contributed by atoms with Crippen molar-refractivity contribution in [3.63, 3.8) is 0 Å². The number of hydrogen-bond acceptors (Lipinski definition) is 2. The molecule has 0 bridgehead atoms. The van der Waals surface area contributed by atoms with Gasteiger partial charge in [0.05, 0.1) is 0 Å². The van der Waals surface area contributed by atoms with Gasteiger partial charge in [-0.15, -0.1) is 22.7 Å². The topological polar surface area (TPSA) is 0 Å². The van der Waals surface area contributed by atoms with Crippen LogP contribution in [0.4, 0.5) is 0 Å². The van der Waals surface area contributed by atoms with E-state index in [4.69, 9.17) is 0 Å². The summed E-state index contributed by atoms with van der Waals surface area (Å²) >= 11 is 3.74. The molecule has 0 N–H and O–H groups in total. The van der Waals surface area contributed by atoms with Crippen LogP contribution in [0.2, 0.25) is 0 Å². The molecule has 0 saturated carbocycles. The zero-order valence-corrected chi connectivity index (χ0v) is 9.62. The first kappa shape index (κ1) is 8.08. The first-order valence-electron chi connectivity index (χ1n) is 4.99. The van der Waals surface area contributed by atoms with Crippen LogP contribution in [0.25, 0.3) is 20.5 Å². The number of hydrogen-bond donors (Lipinski definition) is 0. The van der Waals surface area contributed by atoms with E-state index in [0.29, 0.717) is 0 Å². The van der Waals surface area contributed by atoms with Crippen molar-refractivity contribution in [3.05, 3.63) is 46.2 Å². The summed E-state index contributed by atoms with van der Waals surface area (Å²) in [6.07, 6.45) is 1.11. The summed E-state index contributed by atoms with van der Waals surface area (Å²) in [5.41, 5.74) is 4.45. The number of fused-ring (bicyclic) bond motifs is 2. The van der Waals surface area contributed by atoms with Crippen LogP contribution in [0.15, 0.2) is 35.0 Å². The summed E-state index contributed by atoms with van der Waals surface area (Å²) in [6, 6.07) is 8.93. The summed E-state index contributed by atoms with van der Waals surface area (Å²) in [6.45, 7) is 0. The molecule has 4 rings (SSSR count). The minimum atomic E-state index is 1.11. The molecule has 72 valence electrons. The minimum absolute atomic E-state index is 1.11. The van der Waals surface area contributed by atoms with Crippen molar-refractivity contribution >= 4 is 32.8 Å². The molecule has 3 aromatic rings. The molecular weight excluding hydrogens is 220 g/mol. The molecule has 0 saturated heterocycles. The van der Waals surface area contributed by atoms with Gasteiger partial charge in [-0.25, -0.2) is 0 Å². The molecule has 0 unspecified atom stereocenters. The van der Waals surface area contributed by atoms with Gasteiger partial charge in [0.15, 0.2) is 0 Å². The fourth-order valence-electron chi connectivity index (χ4n) is 2.39. The maximum atomic E-state index is 2.31. The summed E-state index contributed by atoms with van der Waals surface area (Å²) in [4.78, 5) is 1.49. The smallest absolute Gasteiger partial charge is 0.0392 e. The Bertz CT molecular complexity index is 658. The van der Waals surface area contributed by atoms with E-state index < -0.39 is 0 Å². The Hall–Kier alpha value is -1.12. The van der Waals surface area contributed by atoms with Crippen molar-refractivity contribution in [1.82, 2.24) is 0 Å². The minimum Gasteiger partial charge on any atom is -0.143 e. The zero-order valence-electron chi connectivity index (χ0n) is 7.99. The van der Waals surface area contributed by atoms with E-state index in [-0.39, 0.29) is 0 Å². The Morgan fingerprint density at radius 2 is 2.00 bits per heavy atom. The van der Waals surface area contributed by atoms with Crippen molar-refractivity contribution in [2.24, 2.45) is 0 Å². The predicted octanol–water partition coefficient (Wildman–Crippen LogP) is 4.53. The van der Waals surface area contributed by atoms with E-state index in [1.165, 1.54) is 31.7 Å². The molecule has 0 spiro atoms. The van der Waals surface area contributed by atoms with Gasteiger partial charge >= 0.3 is 0 Å². The molecule has 0 aliphatic heterocycles. The Labute approximate surface area is 95.8 Å². The van der Waals surface area contributed by atoms with Crippen LogP contribution in [-0.4, -0.2) is 0 Å². The number of rotatable bonds is 0. The average molecular weight is 228 g/mol. The average Bonchev–Trinajstić information content (AvgIpc) is 2.85. The van der Waals surface area contributed by atoms with Crippen LogP contribution in [0.3, 0.4) is 0 Å². The summed E-state index contributed by atoms with van der Waals surface area (Å²) in [5, 5.41) is 6.01. The first-order chi connectivity index (χ1) is 7.43. The zero-order chi connectivity index (χ0) is 9.83. The van der Waals surface area contributed by atoms with E-state index in [1.54, 1.807) is 0 Å². The molecule has 0 fully saturated rings. The predicted molar refractivity (Wildman–Crippen MR) is 67.9 cm³/mol. The van der Waals surface area contributed by atoms with Gasteiger partial charge in [-0.3, -0.25) is 0 Å². The van der Waals surface area contributed by atoms with Crippen LogP contribution in [0.5, 0.6) is 0 Å². The lowest BCUT2D eigenvalue weighted by molar-refractivity contribution is 1.22. The lowest BCUT2D eigenvalue weighted by Gasteiger charge is -2.12. The fraction of sp³-hybridized carbons (Fsp3) is 0.0769. The highest BCUT2D eigenvalue weighted by atomic mass is 32.1. The van der Waals surface area contributed by atoms with Crippen molar-refractivity contribution < 1.29 is 0 Å². The lowest BCUT2D eigenvalue weighted by Crippen LogP contribution is -1.94. The molecule has 15 heavy (non-hydrogen) atoms. The maximum Gasteiger partial charge on any atom is 0.0392 e. The Balaban J connectivity index is 2.25. The van der Waals surface area contributed by atoms with E-state index in [9.17, 15) is 0 Å². The Kier molecular flexibility index (Phi) is 1.46. The van der Waals surface area contributed by atoms with Gasteiger partial charge in [-0.2, -0.15) is 0 Å². The van der Waals surface area contributed by atoms with Crippen LogP contribution >= 0.6 is 22.7 Å². The maximum absolute atomic E-state index is 2.31. The van der Waals surface area contributed by atoms with Gasteiger partial charge < -0.3 is 0 Å². The first-order valence-corrected chi connectivity index (χ1v) is 6.75. The summed E-state index contributed by atoms with van der Waals surface area (Å²) < 4.78 is 1.43. The monoisotopic (exact) mass is 228 g/mol. The van der Waals surface area contributed by atoms with Crippen LogP contribution in [0, 0.1) is 0 Å². The molecule has 0 nitrogen and oxygen atoms in total. The summed E-state index contributed by atoms with van der Waals surface area (Å²) in [7, 11) is 0. The van der Waals surface area contributed by atoms with Crippen molar-refractivity contribution in [3.8, 4) is 10.4 Å². The molecule has 2 heterocycles. The highest BCUT2D eigenvalue weighted by molar-refractivity contribution is 7.19. The largest absolute Gasteiger partial charge is 0.143 e. The van der Waals surface area contributed by atoms with Gasteiger partial charge in [0.25, 0.3) is 0 Å². The quantitative estimate of drug-likeness (QED) is 0.414. The third-order valence-corrected chi connectivity index (χ3v) is 5.00. The second kappa shape index (κ2) is 2.71. The van der Waals surface area contributed by atoms with Crippen molar-refractivity contribution in [2.45, 2.75) is 6.42 Å². The molecule has 0 atom stereocenters. The van der Waals surface area contributed by atoms with E-state index in [2.05, 4.69) is 35.0 Å². The van der Waals surface area contributed by atoms with Crippen LogP contribution < -0.4 is 0 Å². The standard InChI is InChI=1S/C13H8S2/c1-2-8-6-9-4-5-14-13(9)10-7-15-11(3-1)12(8)10/h1-5,7H,6H2. The van der Waals surface area contributed by atoms with Gasteiger partial charge in [0, 0.05) is 25.9 Å². The normalized spacial score (nSPS) is 13.1. The molecule has 0 amide bonds. The van der Waals surface area contributed by atoms with E-state index in [1.807, 2.05) is 22.7 Å². The van der Waals surface area contributed by atoms with E-state index in [0.717, 1.165) is 6.42 Å². The Morgan fingerprint density at radius 3 is 3.00 bits per heavy atom. The molecular formula is C13H8S2. The second-order valence-electron chi connectivity index (χ2n) is 3.89. The lowest BCUT2D eigenvalue weighted by atomic mass is 9.93. The molecule has 2 aromatic heterocycles. The number of benzene rings is 1. The molecule has 1 aromatic carbocycles. The fourth-order valence-corrected chi connectivity index (χ4v) is 4.41. The van der Waals surface area contributed by atoms with Crippen molar-refractivity contribution in [2.75, 3.05) is 0 Å². The van der Waals surface area contributed by atoms with Gasteiger partial charge in [0.1, 0.15) is 0 Å². The highest BCUT2D eigenvalue weighted by Crippen LogP contribution is 2.44. The van der Waals surface area contributed by atoms with Gasteiger partial charge in [-0.05, 0) is 35.1 Å². The van der Waals surface area contributed by atoms with E-state index >= 15 is 0 Å². The van der Waals surface area contributed by atoms with Crippen LogP contribution in [0.1, 0.15) is 11.1 Å². The molecule has 0 radical (unpaired) electrons.